The summed E-state index contributed by atoms with van der Waals surface area (Å²) in [6.45, 7) is 9.54. The van der Waals surface area contributed by atoms with Gasteiger partial charge in [-0.15, -0.1) is 0 Å². The molecule has 0 bridgehead atoms. The standard InChI is InChI=1S/C13H27N3O/c1-4-16(5-2)13(17)11-15-8-6-7-12(10-15)9-14-3/h12,14H,4-11H2,1-3H3. The van der Waals surface area contributed by atoms with Gasteiger partial charge in [-0.05, 0) is 52.7 Å². The molecule has 4 nitrogen and oxygen atoms in total. The van der Waals surface area contributed by atoms with Crippen LogP contribution in [0.3, 0.4) is 0 Å². The van der Waals surface area contributed by atoms with Crippen LogP contribution in [0.5, 0.6) is 0 Å². The highest BCUT2D eigenvalue weighted by Gasteiger charge is 2.22. The molecule has 1 aliphatic heterocycles. The second kappa shape index (κ2) is 7.67. The van der Waals surface area contributed by atoms with Gasteiger partial charge in [0, 0.05) is 19.6 Å². The summed E-state index contributed by atoms with van der Waals surface area (Å²) >= 11 is 0. The second-order valence-corrected chi connectivity index (χ2v) is 4.87. The first-order valence-corrected chi connectivity index (χ1v) is 6.85. The van der Waals surface area contributed by atoms with Crippen molar-refractivity contribution in [2.75, 3.05) is 46.3 Å². The monoisotopic (exact) mass is 241 g/mol. The van der Waals surface area contributed by atoms with Gasteiger partial charge in [-0.25, -0.2) is 0 Å². The number of nitrogens with zero attached hydrogens (tertiary/aromatic N) is 2. The first-order valence-electron chi connectivity index (χ1n) is 6.85. The largest absolute Gasteiger partial charge is 0.342 e. The predicted octanol–water partition coefficient (Wildman–Crippen LogP) is 0.786. The van der Waals surface area contributed by atoms with Gasteiger partial charge in [0.2, 0.25) is 5.91 Å². The van der Waals surface area contributed by atoms with E-state index in [-0.39, 0.29) is 5.91 Å². The fraction of sp³-hybridized carbons (Fsp3) is 0.923. The minimum atomic E-state index is 0.278. The molecule has 0 saturated carbocycles. The predicted molar refractivity (Wildman–Crippen MR) is 71.0 cm³/mol. The molecule has 4 heteroatoms. The molecule has 1 N–H and O–H groups in total. The van der Waals surface area contributed by atoms with Gasteiger partial charge in [0.05, 0.1) is 6.54 Å². The Morgan fingerprint density at radius 2 is 2.12 bits per heavy atom. The van der Waals surface area contributed by atoms with Crippen LogP contribution < -0.4 is 5.32 Å². The maximum Gasteiger partial charge on any atom is 0.236 e. The topological polar surface area (TPSA) is 35.6 Å². The average Bonchev–Trinajstić information content (AvgIpc) is 2.31. The van der Waals surface area contributed by atoms with Crippen LogP contribution in [0, 0.1) is 5.92 Å². The number of carbonyl (C=O) groups excluding carboxylic acids is 1. The molecule has 1 rings (SSSR count). The summed E-state index contributed by atoms with van der Waals surface area (Å²) in [5.74, 6) is 0.985. The Balaban J connectivity index is 2.37. The van der Waals surface area contributed by atoms with Crippen molar-refractivity contribution in [3.8, 4) is 0 Å². The van der Waals surface area contributed by atoms with E-state index in [1.807, 2.05) is 25.8 Å². The molecule has 1 aliphatic rings. The fourth-order valence-electron chi connectivity index (χ4n) is 2.62. The van der Waals surface area contributed by atoms with Gasteiger partial charge in [-0.1, -0.05) is 0 Å². The Labute approximate surface area is 105 Å². The lowest BCUT2D eigenvalue weighted by molar-refractivity contribution is -0.132. The van der Waals surface area contributed by atoms with Crippen LogP contribution in [0.1, 0.15) is 26.7 Å². The average molecular weight is 241 g/mol. The number of likely N-dealkylation sites (tertiary alicyclic amines) is 1. The van der Waals surface area contributed by atoms with Crippen LogP contribution in [-0.2, 0) is 4.79 Å². The van der Waals surface area contributed by atoms with Crippen molar-refractivity contribution in [1.29, 1.82) is 0 Å². The molecule has 100 valence electrons. The van der Waals surface area contributed by atoms with Crippen molar-refractivity contribution in [3.05, 3.63) is 0 Å². The molecule has 1 heterocycles. The van der Waals surface area contributed by atoms with Gasteiger partial charge in [0.25, 0.3) is 0 Å². The number of likely N-dealkylation sites (N-methyl/N-ethyl adjacent to an activating group) is 1. The van der Waals surface area contributed by atoms with Gasteiger partial charge in [-0.2, -0.15) is 0 Å². The SMILES string of the molecule is CCN(CC)C(=O)CN1CCCC(CNC)C1. The van der Waals surface area contributed by atoms with Crippen LogP contribution in [0.25, 0.3) is 0 Å². The summed E-state index contributed by atoms with van der Waals surface area (Å²) in [6.07, 6.45) is 2.51. The molecule has 17 heavy (non-hydrogen) atoms. The van der Waals surface area contributed by atoms with Crippen molar-refractivity contribution in [2.24, 2.45) is 5.92 Å². The third-order valence-corrected chi connectivity index (χ3v) is 3.57. The molecule has 1 fully saturated rings. The van der Waals surface area contributed by atoms with Crippen LogP contribution in [0.15, 0.2) is 0 Å². The highest BCUT2D eigenvalue weighted by Crippen LogP contribution is 2.15. The Morgan fingerprint density at radius 3 is 2.71 bits per heavy atom. The third kappa shape index (κ3) is 4.64. The summed E-state index contributed by atoms with van der Waals surface area (Å²) in [4.78, 5) is 16.2. The normalized spacial score (nSPS) is 21.5. The number of hydrogen-bond acceptors (Lipinski definition) is 3. The molecule has 0 aromatic carbocycles. The molecular formula is C13H27N3O. The first kappa shape index (κ1) is 14.5. The summed E-state index contributed by atoms with van der Waals surface area (Å²) < 4.78 is 0. The van der Waals surface area contributed by atoms with E-state index in [1.54, 1.807) is 0 Å². The number of hydrogen-bond donors (Lipinski definition) is 1. The quantitative estimate of drug-likeness (QED) is 0.747. The van der Waals surface area contributed by atoms with E-state index in [0.717, 1.165) is 32.7 Å². The fourth-order valence-corrected chi connectivity index (χ4v) is 2.62. The zero-order valence-electron chi connectivity index (χ0n) is 11.5. The molecule has 0 aliphatic carbocycles. The molecule has 1 atom stereocenters. The van der Waals surface area contributed by atoms with Crippen LogP contribution in [-0.4, -0.2) is 62.0 Å². The Hall–Kier alpha value is -0.610. The summed E-state index contributed by atoms with van der Waals surface area (Å²) in [6, 6.07) is 0. The van der Waals surface area contributed by atoms with Crippen LogP contribution in [0.2, 0.25) is 0 Å². The Morgan fingerprint density at radius 1 is 1.41 bits per heavy atom. The number of piperidine rings is 1. The lowest BCUT2D eigenvalue weighted by Gasteiger charge is -2.33. The van der Waals surface area contributed by atoms with E-state index in [1.165, 1.54) is 12.8 Å². The van der Waals surface area contributed by atoms with Crippen molar-refractivity contribution in [3.63, 3.8) is 0 Å². The molecule has 0 radical (unpaired) electrons. The van der Waals surface area contributed by atoms with Crippen molar-refractivity contribution < 1.29 is 4.79 Å². The highest BCUT2D eigenvalue weighted by molar-refractivity contribution is 5.78. The lowest BCUT2D eigenvalue weighted by Crippen LogP contribution is -2.45. The molecule has 1 saturated heterocycles. The van der Waals surface area contributed by atoms with Gasteiger partial charge >= 0.3 is 0 Å². The summed E-state index contributed by atoms with van der Waals surface area (Å²) in [5, 5.41) is 3.23. The molecule has 1 amide bonds. The van der Waals surface area contributed by atoms with Gasteiger partial charge < -0.3 is 10.2 Å². The highest BCUT2D eigenvalue weighted by atomic mass is 16.2. The smallest absolute Gasteiger partial charge is 0.236 e. The van der Waals surface area contributed by atoms with E-state index in [9.17, 15) is 4.79 Å². The maximum atomic E-state index is 12.0. The summed E-state index contributed by atoms with van der Waals surface area (Å²) in [7, 11) is 2.00. The maximum absolute atomic E-state index is 12.0. The van der Waals surface area contributed by atoms with Crippen molar-refractivity contribution >= 4 is 5.91 Å². The number of rotatable bonds is 6. The minimum Gasteiger partial charge on any atom is -0.342 e. The number of nitrogens with one attached hydrogen (secondary N) is 1. The second-order valence-electron chi connectivity index (χ2n) is 4.87. The van der Waals surface area contributed by atoms with E-state index in [0.29, 0.717) is 12.5 Å². The van der Waals surface area contributed by atoms with Gasteiger partial charge in [0.15, 0.2) is 0 Å². The van der Waals surface area contributed by atoms with Crippen LogP contribution >= 0.6 is 0 Å². The first-order chi connectivity index (χ1) is 8.21. The van der Waals surface area contributed by atoms with E-state index < -0.39 is 0 Å². The molecule has 0 aromatic rings. The third-order valence-electron chi connectivity index (χ3n) is 3.57. The molecule has 0 aromatic heterocycles. The van der Waals surface area contributed by atoms with Crippen molar-refractivity contribution in [2.45, 2.75) is 26.7 Å². The Bertz CT molecular complexity index is 227. The lowest BCUT2D eigenvalue weighted by atomic mass is 9.98. The van der Waals surface area contributed by atoms with Crippen molar-refractivity contribution in [1.82, 2.24) is 15.1 Å². The molecule has 0 spiro atoms. The summed E-state index contributed by atoms with van der Waals surface area (Å²) in [5.41, 5.74) is 0. The Kier molecular flexibility index (Phi) is 6.52. The van der Waals surface area contributed by atoms with Gasteiger partial charge in [-0.3, -0.25) is 9.69 Å². The zero-order chi connectivity index (χ0) is 12.7. The van der Waals surface area contributed by atoms with E-state index in [2.05, 4.69) is 10.2 Å². The van der Waals surface area contributed by atoms with Crippen LogP contribution in [0.4, 0.5) is 0 Å². The molecular weight excluding hydrogens is 214 g/mol. The number of amides is 1. The van der Waals surface area contributed by atoms with Gasteiger partial charge in [0.1, 0.15) is 0 Å². The molecule has 1 unspecified atom stereocenters. The van der Waals surface area contributed by atoms with E-state index >= 15 is 0 Å². The minimum absolute atomic E-state index is 0.278. The number of carbonyl (C=O) groups is 1. The zero-order valence-corrected chi connectivity index (χ0v) is 11.5. The van der Waals surface area contributed by atoms with E-state index in [4.69, 9.17) is 0 Å².